The highest BCUT2D eigenvalue weighted by Gasteiger charge is 2.14. The van der Waals surface area contributed by atoms with Crippen molar-refractivity contribution in [2.24, 2.45) is 0 Å². The standard InChI is InChI=1S/C12H15N5O2/c18-12(9-16-4-6-19-7-5-16)15-10-8-17-11(14-10)2-1-3-13-17/h1-3,8H,4-7,9H2,(H,15,18). The third-order valence-electron chi connectivity index (χ3n) is 2.98. The Bertz CT molecular complexity index is 543. The highest BCUT2D eigenvalue weighted by Crippen LogP contribution is 2.07. The van der Waals surface area contributed by atoms with Crippen LogP contribution in [-0.4, -0.2) is 58.3 Å². The fourth-order valence-electron chi connectivity index (χ4n) is 2.04. The summed E-state index contributed by atoms with van der Waals surface area (Å²) in [6, 6.07) is 3.65. The van der Waals surface area contributed by atoms with Gasteiger partial charge in [0.05, 0.1) is 26.0 Å². The Hall–Kier alpha value is -1.99. The lowest BCUT2D eigenvalue weighted by atomic mass is 10.4. The van der Waals surface area contributed by atoms with E-state index in [0.717, 1.165) is 13.1 Å². The van der Waals surface area contributed by atoms with Crippen molar-refractivity contribution in [2.45, 2.75) is 0 Å². The summed E-state index contributed by atoms with van der Waals surface area (Å²) in [6.07, 6.45) is 3.38. The molecule has 0 atom stereocenters. The summed E-state index contributed by atoms with van der Waals surface area (Å²) < 4.78 is 6.87. The minimum Gasteiger partial charge on any atom is -0.379 e. The number of nitrogens with zero attached hydrogens (tertiary/aromatic N) is 4. The minimum atomic E-state index is -0.0645. The lowest BCUT2D eigenvalue weighted by Crippen LogP contribution is -2.41. The number of aromatic nitrogens is 3. The Labute approximate surface area is 110 Å². The molecule has 0 bridgehead atoms. The molecule has 0 aromatic carbocycles. The molecule has 0 aliphatic carbocycles. The Balaban J connectivity index is 1.62. The summed E-state index contributed by atoms with van der Waals surface area (Å²) in [5.74, 6) is 0.460. The number of morpholine rings is 1. The molecule has 1 fully saturated rings. The molecule has 3 rings (SSSR count). The Morgan fingerprint density at radius 1 is 1.42 bits per heavy atom. The summed E-state index contributed by atoms with van der Waals surface area (Å²) in [6.45, 7) is 3.32. The number of imidazole rings is 1. The molecule has 0 spiro atoms. The largest absolute Gasteiger partial charge is 0.379 e. The van der Waals surface area contributed by atoms with Gasteiger partial charge < -0.3 is 10.1 Å². The van der Waals surface area contributed by atoms with Gasteiger partial charge in [0, 0.05) is 19.3 Å². The van der Waals surface area contributed by atoms with Crippen molar-refractivity contribution in [3.63, 3.8) is 0 Å². The van der Waals surface area contributed by atoms with E-state index in [2.05, 4.69) is 20.3 Å². The summed E-state index contributed by atoms with van der Waals surface area (Å²) in [4.78, 5) is 18.2. The van der Waals surface area contributed by atoms with Crippen LogP contribution in [0.25, 0.3) is 5.65 Å². The van der Waals surface area contributed by atoms with Crippen LogP contribution in [0, 0.1) is 0 Å². The van der Waals surface area contributed by atoms with Gasteiger partial charge in [-0.25, -0.2) is 9.50 Å². The maximum atomic E-state index is 11.9. The number of hydrogen-bond donors (Lipinski definition) is 1. The summed E-state index contributed by atoms with van der Waals surface area (Å²) in [5.41, 5.74) is 0.712. The van der Waals surface area contributed by atoms with Crippen LogP contribution in [0.1, 0.15) is 0 Å². The van der Waals surface area contributed by atoms with Gasteiger partial charge in [0.1, 0.15) is 0 Å². The van der Waals surface area contributed by atoms with Gasteiger partial charge in [-0.1, -0.05) is 0 Å². The van der Waals surface area contributed by atoms with Crippen LogP contribution in [0.3, 0.4) is 0 Å². The van der Waals surface area contributed by atoms with Gasteiger partial charge in [0.15, 0.2) is 11.5 Å². The zero-order chi connectivity index (χ0) is 13.1. The average Bonchev–Trinajstić information content (AvgIpc) is 2.81. The van der Waals surface area contributed by atoms with Crippen LogP contribution in [0.4, 0.5) is 5.82 Å². The fraction of sp³-hybridized carbons (Fsp3) is 0.417. The first-order valence-electron chi connectivity index (χ1n) is 6.21. The highest BCUT2D eigenvalue weighted by molar-refractivity contribution is 5.91. The molecule has 2 aromatic rings. The van der Waals surface area contributed by atoms with Gasteiger partial charge in [-0.05, 0) is 12.1 Å². The van der Waals surface area contributed by atoms with E-state index in [4.69, 9.17) is 4.74 Å². The van der Waals surface area contributed by atoms with Gasteiger partial charge in [-0.15, -0.1) is 0 Å². The van der Waals surface area contributed by atoms with E-state index in [1.165, 1.54) is 0 Å². The molecule has 1 aliphatic heterocycles. The normalized spacial score (nSPS) is 16.6. The molecule has 19 heavy (non-hydrogen) atoms. The zero-order valence-corrected chi connectivity index (χ0v) is 10.5. The third kappa shape index (κ3) is 2.88. The molecular weight excluding hydrogens is 246 g/mol. The Kier molecular flexibility index (Phi) is 3.39. The number of anilines is 1. The second-order valence-corrected chi connectivity index (χ2v) is 4.39. The number of carbonyl (C=O) groups excluding carboxylic acids is 1. The van der Waals surface area contributed by atoms with Crippen molar-refractivity contribution in [3.05, 3.63) is 24.5 Å². The smallest absolute Gasteiger partial charge is 0.239 e. The Morgan fingerprint density at radius 3 is 3.05 bits per heavy atom. The fourth-order valence-corrected chi connectivity index (χ4v) is 2.04. The molecule has 1 N–H and O–H groups in total. The molecule has 0 saturated carbocycles. The molecular formula is C12H15N5O2. The second kappa shape index (κ2) is 5.33. The van der Waals surface area contributed by atoms with Crippen molar-refractivity contribution >= 4 is 17.4 Å². The lowest BCUT2D eigenvalue weighted by Gasteiger charge is -2.25. The number of fused-ring (bicyclic) bond motifs is 1. The SMILES string of the molecule is O=C(CN1CCOCC1)Nc1cn2ncccc2n1. The topological polar surface area (TPSA) is 71.8 Å². The Morgan fingerprint density at radius 2 is 2.26 bits per heavy atom. The first kappa shape index (κ1) is 12.1. The molecule has 1 saturated heterocycles. The maximum absolute atomic E-state index is 11.9. The monoisotopic (exact) mass is 261 g/mol. The van der Waals surface area contributed by atoms with Crippen LogP contribution < -0.4 is 5.32 Å². The van der Waals surface area contributed by atoms with E-state index in [1.807, 2.05) is 12.1 Å². The number of nitrogens with one attached hydrogen (secondary N) is 1. The van der Waals surface area contributed by atoms with Crippen LogP contribution in [0.2, 0.25) is 0 Å². The summed E-state index contributed by atoms with van der Waals surface area (Å²) >= 11 is 0. The van der Waals surface area contributed by atoms with Crippen molar-refractivity contribution < 1.29 is 9.53 Å². The van der Waals surface area contributed by atoms with E-state index in [1.54, 1.807) is 16.9 Å². The quantitative estimate of drug-likeness (QED) is 0.842. The maximum Gasteiger partial charge on any atom is 0.239 e. The summed E-state index contributed by atoms with van der Waals surface area (Å²) in [7, 11) is 0. The predicted molar refractivity (Wildman–Crippen MR) is 68.9 cm³/mol. The number of ether oxygens (including phenoxy) is 1. The van der Waals surface area contributed by atoms with E-state index in [9.17, 15) is 4.79 Å². The van der Waals surface area contributed by atoms with Gasteiger partial charge in [-0.2, -0.15) is 5.10 Å². The molecule has 3 heterocycles. The molecule has 1 amide bonds. The first-order valence-corrected chi connectivity index (χ1v) is 6.21. The van der Waals surface area contributed by atoms with E-state index >= 15 is 0 Å². The zero-order valence-electron chi connectivity index (χ0n) is 10.5. The molecule has 100 valence electrons. The van der Waals surface area contributed by atoms with Gasteiger partial charge in [0.2, 0.25) is 5.91 Å². The second-order valence-electron chi connectivity index (χ2n) is 4.39. The van der Waals surface area contributed by atoms with E-state index in [-0.39, 0.29) is 5.91 Å². The van der Waals surface area contributed by atoms with Crippen molar-refractivity contribution in [1.29, 1.82) is 0 Å². The van der Waals surface area contributed by atoms with Crippen molar-refractivity contribution in [2.75, 3.05) is 38.2 Å². The van der Waals surface area contributed by atoms with Crippen molar-refractivity contribution in [3.8, 4) is 0 Å². The molecule has 1 aliphatic rings. The van der Waals surface area contributed by atoms with Crippen LogP contribution in [0.5, 0.6) is 0 Å². The van der Waals surface area contributed by atoms with Crippen molar-refractivity contribution in [1.82, 2.24) is 19.5 Å². The van der Waals surface area contributed by atoms with Gasteiger partial charge in [0.25, 0.3) is 0 Å². The number of carbonyl (C=O) groups is 1. The van der Waals surface area contributed by atoms with E-state index in [0.29, 0.717) is 31.2 Å². The summed E-state index contributed by atoms with van der Waals surface area (Å²) in [5, 5.41) is 6.89. The molecule has 2 aromatic heterocycles. The van der Waals surface area contributed by atoms with Crippen LogP contribution >= 0.6 is 0 Å². The highest BCUT2D eigenvalue weighted by atomic mass is 16.5. The number of rotatable bonds is 3. The van der Waals surface area contributed by atoms with Crippen LogP contribution in [-0.2, 0) is 9.53 Å². The average molecular weight is 261 g/mol. The van der Waals surface area contributed by atoms with Gasteiger partial charge >= 0.3 is 0 Å². The van der Waals surface area contributed by atoms with Gasteiger partial charge in [-0.3, -0.25) is 9.69 Å². The molecule has 0 unspecified atom stereocenters. The molecule has 0 radical (unpaired) electrons. The van der Waals surface area contributed by atoms with E-state index < -0.39 is 0 Å². The third-order valence-corrected chi connectivity index (χ3v) is 2.98. The minimum absolute atomic E-state index is 0.0645. The number of amides is 1. The predicted octanol–water partition coefficient (Wildman–Crippen LogP) is 0.0000000000000000555. The first-order chi connectivity index (χ1) is 9.31. The molecule has 7 heteroatoms. The lowest BCUT2D eigenvalue weighted by molar-refractivity contribution is -0.118. The van der Waals surface area contributed by atoms with Crippen LogP contribution in [0.15, 0.2) is 24.5 Å². The molecule has 7 nitrogen and oxygen atoms in total. The number of hydrogen-bond acceptors (Lipinski definition) is 5.